The fourth-order valence-corrected chi connectivity index (χ4v) is 2.39. The number of methoxy groups -OCH3 is 1. The molecule has 0 fully saturated rings. The third-order valence-corrected chi connectivity index (χ3v) is 3.62. The zero-order chi connectivity index (χ0) is 17.1. The Bertz CT molecular complexity index is 800. The largest absolute Gasteiger partial charge is 0.502 e. The van der Waals surface area contributed by atoms with Crippen LogP contribution in [0.2, 0.25) is 5.02 Å². The summed E-state index contributed by atoms with van der Waals surface area (Å²) in [6.45, 7) is 1.54. The molecule has 1 aromatic carbocycles. The minimum absolute atomic E-state index is 0.0944. The molecular formula is C16H14ClFO5. The fraction of sp³-hybridized carbons (Fsp3) is 0.250. The molecule has 0 bridgehead atoms. The Balaban J connectivity index is 2.61. The van der Waals surface area contributed by atoms with Gasteiger partial charge in [-0.15, -0.1) is 0 Å². The summed E-state index contributed by atoms with van der Waals surface area (Å²) < 4.78 is 23.4. The van der Waals surface area contributed by atoms with Crippen molar-refractivity contribution >= 4 is 17.6 Å². The minimum atomic E-state index is -0.840. The highest BCUT2D eigenvalue weighted by atomic mass is 35.5. The molecule has 1 atom stereocenters. The Kier molecular flexibility index (Phi) is 5.05. The molecule has 0 spiro atoms. The maximum Gasteiger partial charge on any atom is 0.306 e. The molecule has 0 aliphatic rings. The number of benzene rings is 1. The van der Waals surface area contributed by atoms with Crippen LogP contribution in [0, 0.1) is 12.7 Å². The summed E-state index contributed by atoms with van der Waals surface area (Å²) in [5.74, 6) is -2.48. The van der Waals surface area contributed by atoms with Gasteiger partial charge in [0.25, 0.3) is 0 Å². The summed E-state index contributed by atoms with van der Waals surface area (Å²) in [7, 11) is 1.21. The molecule has 5 nitrogen and oxygen atoms in total. The van der Waals surface area contributed by atoms with E-state index >= 15 is 0 Å². The van der Waals surface area contributed by atoms with E-state index in [0.717, 1.165) is 12.1 Å². The summed E-state index contributed by atoms with van der Waals surface area (Å²) >= 11 is 5.77. The van der Waals surface area contributed by atoms with Crippen molar-refractivity contribution in [3.8, 4) is 5.75 Å². The van der Waals surface area contributed by atoms with Crippen LogP contribution >= 0.6 is 11.6 Å². The predicted octanol–water partition coefficient (Wildman–Crippen LogP) is 3.14. The Hall–Kier alpha value is -2.34. The number of esters is 1. The van der Waals surface area contributed by atoms with Gasteiger partial charge in [0.15, 0.2) is 5.76 Å². The summed E-state index contributed by atoms with van der Waals surface area (Å²) in [5.41, 5.74) is -0.224. The second-order valence-corrected chi connectivity index (χ2v) is 5.35. The van der Waals surface area contributed by atoms with E-state index in [1.165, 1.54) is 26.2 Å². The smallest absolute Gasteiger partial charge is 0.306 e. The van der Waals surface area contributed by atoms with Gasteiger partial charge in [0.1, 0.15) is 11.6 Å². The highest BCUT2D eigenvalue weighted by molar-refractivity contribution is 6.30. The third-order valence-electron chi connectivity index (χ3n) is 3.33. The van der Waals surface area contributed by atoms with E-state index in [4.69, 9.17) is 16.0 Å². The molecule has 2 aromatic rings. The Morgan fingerprint density at radius 1 is 1.43 bits per heavy atom. The number of rotatable bonds is 4. The third kappa shape index (κ3) is 3.71. The number of hydrogen-bond donors (Lipinski definition) is 1. The first-order chi connectivity index (χ1) is 10.8. The molecule has 0 radical (unpaired) electrons. The quantitative estimate of drug-likeness (QED) is 0.865. The standard InChI is InChI=1S/C16H14ClFO5/c1-8-5-13(19)15(21)16(23-8)10(7-14(20)22-2)9-3-4-12(18)11(17)6-9/h3-6,10,21H,7H2,1-2H3/t10-/m1/s1. The van der Waals surface area contributed by atoms with Gasteiger partial charge in [0.2, 0.25) is 11.2 Å². The van der Waals surface area contributed by atoms with Crippen molar-refractivity contribution in [2.24, 2.45) is 0 Å². The average Bonchev–Trinajstić information content (AvgIpc) is 2.51. The highest BCUT2D eigenvalue weighted by Crippen LogP contribution is 2.34. The van der Waals surface area contributed by atoms with Crippen molar-refractivity contribution in [2.45, 2.75) is 19.3 Å². The van der Waals surface area contributed by atoms with E-state index < -0.39 is 28.9 Å². The maximum atomic E-state index is 13.4. The van der Waals surface area contributed by atoms with E-state index in [1.807, 2.05) is 0 Å². The molecule has 0 saturated heterocycles. The van der Waals surface area contributed by atoms with Gasteiger partial charge in [-0.05, 0) is 24.6 Å². The first-order valence-electron chi connectivity index (χ1n) is 6.68. The Morgan fingerprint density at radius 3 is 2.74 bits per heavy atom. The molecule has 1 N–H and O–H groups in total. The van der Waals surface area contributed by atoms with Gasteiger partial charge < -0.3 is 14.3 Å². The molecule has 2 rings (SSSR count). The van der Waals surface area contributed by atoms with Gasteiger partial charge in [-0.3, -0.25) is 9.59 Å². The van der Waals surface area contributed by atoms with Crippen molar-refractivity contribution < 1.29 is 23.4 Å². The number of halogens is 2. The van der Waals surface area contributed by atoms with E-state index in [-0.39, 0.29) is 23.0 Å². The number of hydrogen-bond acceptors (Lipinski definition) is 5. The zero-order valence-electron chi connectivity index (χ0n) is 12.4. The lowest BCUT2D eigenvalue weighted by Crippen LogP contribution is -2.13. The summed E-state index contributed by atoms with van der Waals surface area (Å²) in [4.78, 5) is 23.4. The van der Waals surface area contributed by atoms with Crippen LogP contribution in [0.3, 0.4) is 0 Å². The maximum absolute atomic E-state index is 13.4. The van der Waals surface area contributed by atoms with Crippen molar-refractivity contribution in [2.75, 3.05) is 7.11 Å². The van der Waals surface area contributed by atoms with Gasteiger partial charge in [-0.1, -0.05) is 17.7 Å². The lowest BCUT2D eigenvalue weighted by molar-refractivity contribution is -0.140. The number of aryl methyl sites for hydroxylation is 1. The van der Waals surface area contributed by atoms with Gasteiger partial charge in [-0.25, -0.2) is 4.39 Å². The SMILES string of the molecule is COC(=O)C[C@H](c1ccc(F)c(Cl)c1)c1oc(C)cc(=O)c1O. The Labute approximate surface area is 136 Å². The van der Waals surface area contributed by atoms with Crippen molar-refractivity contribution in [1.82, 2.24) is 0 Å². The zero-order valence-corrected chi connectivity index (χ0v) is 13.2. The second-order valence-electron chi connectivity index (χ2n) is 4.94. The van der Waals surface area contributed by atoms with Crippen LogP contribution in [0.5, 0.6) is 5.75 Å². The minimum Gasteiger partial charge on any atom is -0.502 e. The van der Waals surface area contributed by atoms with Crippen molar-refractivity contribution in [1.29, 1.82) is 0 Å². The lowest BCUT2D eigenvalue weighted by Gasteiger charge is -2.17. The van der Waals surface area contributed by atoms with Gasteiger partial charge in [-0.2, -0.15) is 0 Å². The van der Waals surface area contributed by atoms with Crippen LogP contribution in [0.4, 0.5) is 4.39 Å². The highest BCUT2D eigenvalue weighted by Gasteiger charge is 2.26. The molecule has 1 heterocycles. The molecule has 23 heavy (non-hydrogen) atoms. The van der Waals surface area contributed by atoms with Crippen LogP contribution in [0.1, 0.15) is 29.4 Å². The number of ether oxygens (including phenoxy) is 1. The second kappa shape index (κ2) is 6.83. The Morgan fingerprint density at radius 2 is 2.13 bits per heavy atom. The van der Waals surface area contributed by atoms with Crippen LogP contribution in [-0.2, 0) is 9.53 Å². The van der Waals surface area contributed by atoms with Gasteiger partial charge in [0.05, 0.1) is 24.5 Å². The van der Waals surface area contributed by atoms with E-state index in [2.05, 4.69) is 4.74 Å². The van der Waals surface area contributed by atoms with Crippen LogP contribution in [0.25, 0.3) is 0 Å². The molecule has 0 unspecified atom stereocenters. The topological polar surface area (TPSA) is 76.7 Å². The first-order valence-corrected chi connectivity index (χ1v) is 7.06. The van der Waals surface area contributed by atoms with Crippen LogP contribution in [0.15, 0.2) is 33.5 Å². The number of carbonyl (C=O) groups is 1. The van der Waals surface area contributed by atoms with Crippen LogP contribution < -0.4 is 5.43 Å². The summed E-state index contributed by atoms with van der Waals surface area (Å²) in [6.07, 6.45) is -0.210. The molecular weight excluding hydrogens is 327 g/mol. The van der Waals surface area contributed by atoms with Crippen LogP contribution in [-0.4, -0.2) is 18.2 Å². The van der Waals surface area contributed by atoms with Gasteiger partial charge >= 0.3 is 5.97 Å². The number of carbonyl (C=O) groups excluding carboxylic acids is 1. The first kappa shape index (κ1) is 17.0. The number of aromatic hydroxyl groups is 1. The molecule has 0 saturated carbocycles. The summed E-state index contributed by atoms with van der Waals surface area (Å²) in [6, 6.07) is 4.97. The normalized spacial score (nSPS) is 12.0. The molecule has 122 valence electrons. The van der Waals surface area contributed by atoms with E-state index in [9.17, 15) is 19.1 Å². The predicted molar refractivity (Wildman–Crippen MR) is 81.3 cm³/mol. The lowest BCUT2D eigenvalue weighted by atomic mass is 9.92. The monoisotopic (exact) mass is 340 g/mol. The average molecular weight is 341 g/mol. The van der Waals surface area contributed by atoms with E-state index in [1.54, 1.807) is 0 Å². The van der Waals surface area contributed by atoms with E-state index in [0.29, 0.717) is 5.56 Å². The fourth-order valence-electron chi connectivity index (χ4n) is 2.20. The molecule has 0 amide bonds. The molecule has 0 aliphatic heterocycles. The van der Waals surface area contributed by atoms with Gasteiger partial charge in [0, 0.05) is 6.07 Å². The molecule has 1 aromatic heterocycles. The van der Waals surface area contributed by atoms with Crippen molar-refractivity contribution in [3.05, 3.63) is 62.4 Å². The van der Waals surface area contributed by atoms with Crippen molar-refractivity contribution in [3.63, 3.8) is 0 Å². The summed E-state index contributed by atoms with van der Waals surface area (Å²) in [5, 5.41) is 9.85. The molecule has 7 heteroatoms. The molecule has 0 aliphatic carbocycles.